The number of ether oxygens (including phenoxy) is 3. The van der Waals surface area contributed by atoms with Gasteiger partial charge in [0.15, 0.2) is 17.3 Å². The van der Waals surface area contributed by atoms with Gasteiger partial charge in [0.2, 0.25) is 12.0 Å². The number of Topliss-reactive ketones (excluding diaryl/α,β-unsaturated/α-hetero) is 9. The van der Waals surface area contributed by atoms with E-state index in [4.69, 9.17) is 19.9 Å². The topological polar surface area (TPSA) is 440 Å². The first-order valence-corrected chi connectivity index (χ1v) is 39.6. The van der Waals surface area contributed by atoms with Crippen molar-refractivity contribution < 1.29 is 119 Å². The number of ketones is 9. The maximum Gasteiger partial charge on any atom is 0.306 e. The Bertz CT molecular complexity index is 3510. The van der Waals surface area contributed by atoms with Crippen molar-refractivity contribution in [1.29, 1.82) is 0 Å². The van der Waals surface area contributed by atoms with Gasteiger partial charge >= 0.3 is 5.97 Å². The average Bonchev–Trinajstić information content (AvgIpc) is 1.67. The van der Waals surface area contributed by atoms with E-state index in [0.717, 1.165) is 59.1 Å². The van der Waals surface area contributed by atoms with Gasteiger partial charge in [-0.05, 0) is 32.1 Å². The van der Waals surface area contributed by atoms with Crippen molar-refractivity contribution >= 4 is 123 Å². The molecule has 32 heteroatoms. The number of hydrogen-bond acceptors (Lipinski definition) is 25. The Morgan fingerprint density at radius 1 is 0.365 bits per heavy atom. The lowest BCUT2D eigenvalue weighted by Crippen LogP contribution is -2.49. The zero-order valence-electron chi connectivity index (χ0n) is 69.7. The summed E-state index contributed by atoms with van der Waals surface area (Å²) in [5, 5.41) is 2.65. The number of carbonyl (C=O) groups excluding carboxylic acids is 21. The fourth-order valence-electron chi connectivity index (χ4n) is 10.8. The summed E-state index contributed by atoms with van der Waals surface area (Å²) >= 11 is 0. The van der Waals surface area contributed by atoms with Gasteiger partial charge in [0.05, 0.1) is 60.2 Å². The Hall–Kier alpha value is -9.79. The van der Waals surface area contributed by atoms with Crippen LogP contribution in [0, 0.1) is 35.5 Å². The van der Waals surface area contributed by atoms with Gasteiger partial charge in [0.1, 0.15) is 40.7 Å². The first-order chi connectivity index (χ1) is 54.0. The molecule has 0 aromatic heterocycles. The van der Waals surface area contributed by atoms with Crippen molar-refractivity contribution in [3.05, 3.63) is 60.8 Å². The summed E-state index contributed by atoms with van der Waals surface area (Å²) in [5.74, 6) is -3.87. The summed E-state index contributed by atoms with van der Waals surface area (Å²) in [6.45, 7) is 26.7. The predicted molar refractivity (Wildman–Crippen MR) is 421 cm³/mol. The molecule has 1 saturated carbocycles. The molecule has 6 aliphatic rings. The van der Waals surface area contributed by atoms with Gasteiger partial charge in [-0.15, -0.1) is 0 Å². The number of nitrogens with one attached hydrogen (secondary N) is 1. The van der Waals surface area contributed by atoms with Gasteiger partial charge in [0, 0.05) is 206 Å². The molecule has 1 fully saturated rings. The molecule has 0 radical (unpaired) electrons. The number of hydrogen-bond donors (Lipinski definition) is 2. The number of imide groups is 5. The number of carbonyl (C=O) groups is 21. The number of likely N-dealkylation sites (N-methyl/N-ethyl adjacent to an activating group) is 1. The Balaban J connectivity index is 0.000000695. The smallest absolute Gasteiger partial charge is 0.306 e. The minimum absolute atomic E-state index is 0.0145. The molecule has 1 aliphatic carbocycles. The van der Waals surface area contributed by atoms with E-state index >= 15 is 0 Å². The minimum atomic E-state index is -1.18. The normalized spacial score (nSPS) is 15.3. The fraction of sp³-hybridized carbons (Fsp3) is 0.627. The molecule has 0 aromatic rings. The van der Waals surface area contributed by atoms with E-state index in [0.29, 0.717) is 114 Å². The van der Waals surface area contributed by atoms with Gasteiger partial charge in [0.25, 0.3) is 59.1 Å². The van der Waals surface area contributed by atoms with E-state index in [1.807, 2.05) is 55.4 Å². The van der Waals surface area contributed by atoms with Gasteiger partial charge < -0.3 is 29.7 Å². The summed E-state index contributed by atoms with van der Waals surface area (Å²) in [6, 6.07) is -0.931. The minimum Gasteiger partial charge on any atom is -0.446 e. The number of esters is 1. The summed E-state index contributed by atoms with van der Waals surface area (Å²) in [6.07, 6.45) is 19.3. The molecular weight excluding hydrogens is 1490 g/mol. The van der Waals surface area contributed by atoms with Crippen molar-refractivity contribution in [1.82, 2.24) is 29.8 Å². The van der Waals surface area contributed by atoms with Gasteiger partial charge in [-0.2, -0.15) is 0 Å². The Morgan fingerprint density at radius 2 is 0.696 bits per heavy atom. The van der Waals surface area contributed by atoms with Crippen LogP contribution >= 0.6 is 0 Å². The van der Waals surface area contributed by atoms with Gasteiger partial charge in [-0.1, -0.05) is 89.5 Å². The van der Waals surface area contributed by atoms with Crippen molar-refractivity contribution in [2.45, 2.75) is 211 Å². The van der Waals surface area contributed by atoms with E-state index in [1.165, 1.54) is 58.4 Å². The maximum atomic E-state index is 12.0. The van der Waals surface area contributed by atoms with E-state index in [1.54, 1.807) is 27.7 Å². The average molecular weight is 1620 g/mol. The lowest BCUT2D eigenvalue weighted by atomic mass is 10.00. The van der Waals surface area contributed by atoms with Gasteiger partial charge in [-0.25, -0.2) is 0 Å². The second-order valence-electron chi connectivity index (χ2n) is 30.5. The number of unbranched alkanes of at least 4 members (excludes halogenated alkanes) is 3. The van der Waals surface area contributed by atoms with E-state index in [2.05, 4.69) is 19.4 Å². The van der Waals surface area contributed by atoms with Crippen LogP contribution in [-0.2, 0) is 115 Å². The molecule has 115 heavy (non-hydrogen) atoms. The Labute approximate surface area is 675 Å². The van der Waals surface area contributed by atoms with Crippen LogP contribution in [-0.4, -0.2) is 257 Å². The third-order valence-electron chi connectivity index (χ3n) is 18.6. The van der Waals surface area contributed by atoms with Crippen molar-refractivity contribution in [3.63, 3.8) is 0 Å². The van der Waals surface area contributed by atoms with Crippen LogP contribution in [0.25, 0.3) is 0 Å². The summed E-state index contributed by atoms with van der Waals surface area (Å²) in [5.41, 5.74) is 5.50. The molecule has 11 amide bonds. The van der Waals surface area contributed by atoms with Crippen LogP contribution in [0.5, 0.6) is 0 Å². The van der Waals surface area contributed by atoms with Crippen LogP contribution in [0.15, 0.2) is 60.8 Å². The van der Waals surface area contributed by atoms with Gasteiger partial charge in [-0.3, -0.25) is 125 Å². The molecule has 5 heterocycles. The highest BCUT2D eigenvalue weighted by Gasteiger charge is 2.37. The Kier molecular flexibility index (Phi) is 49.3. The second kappa shape index (κ2) is 54.9. The third kappa shape index (κ3) is 41.4. The molecule has 6 rings (SSSR count). The zero-order valence-corrected chi connectivity index (χ0v) is 69.7. The maximum absolute atomic E-state index is 12.0. The monoisotopic (exact) mass is 1620 g/mol. The fourth-order valence-corrected chi connectivity index (χ4v) is 10.8. The highest BCUT2D eigenvalue weighted by Crippen LogP contribution is 2.19. The molecular formula is C83H123N8O24+. The molecule has 1 atom stereocenters. The molecule has 3 N–H and O–H groups in total. The SMILES string of the molecule is CC(C)C(=O)CCCC(=O)C(CN)N1C(=O)C=CC1=O.CC(C)C(=O)CCCCC(=O)OC1C(=O)CCC1=O.CC(C)C(=O)CCCCCN1C(=O)C=CC1=O.CC(C)C(=O)CCC[N+](C)(C)CCN1C(=O)C=CC1=O.CC(C)C(=O)CCN1C(=O)C=CC1=O.CC(C)C(=O)CCOCCOCCNC(=O)CCN1C(=O)C=CC1=O. The third-order valence-corrected chi connectivity index (χ3v) is 18.6. The van der Waals surface area contributed by atoms with Crippen LogP contribution in [0.1, 0.15) is 199 Å². The largest absolute Gasteiger partial charge is 0.446 e. The first-order valence-electron chi connectivity index (χ1n) is 39.6. The first kappa shape index (κ1) is 103. The van der Waals surface area contributed by atoms with Crippen LogP contribution in [0.4, 0.5) is 0 Å². The van der Waals surface area contributed by atoms with Crippen molar-refractivity contribution in [2.75, 3.05) is 92.9 Å². The molecule has 0 aromatic carbocycles. The number of nitrogens with zero attached hydrogens (tertiary/aromatic N) is 6. The molecule has 0 spiro atoms. The zero-order chi connectivity index (χ0) is 87.2. The van der Waals surface area contributed by atoms with Crippen LogP contribution < -0.4 is 11.1 Å². The predicted octanol–water partition coefficient (Wildman–Crippen LogP) is 5.10. The summed E-state index contributed by atoms with van der Waals surface area (Å²) in [7, 11) is 4.11. The Morgan fingerprint density at radius 3 is 1.11 bits per heavy atom. The highest BCUT2D eigenvalue weighted by atomic mass is 16.6. The molecule has 1 unspecified atom stereocenters. The standard InChI is InChI=1S/C17H26N2O6.C15H25N2O3.C14H20N2O4.C14H20O5.C13H19NO3.C10H13NO3/c1-13(2)14(20)6-9-24-11-12-25-10-7-18-15(21)5-8-19-16(22)3-4-17(19)23;1-12(2)13(18)6-5-10-17(3,4)11-9-16-14(19)7-8-15(16)20;1-9(2)11(17)4-3-5-12(18)10(8-15)16-13(19)6-7-14(16)20;1-9(2)10(15)5-3-4-6-13(18)19-14-11(16)7-8-12(14)17;1-10(2)11(15)6-4-3-5-9-14-12(16)7-8-13(14)17;1-7(2)8(12)5-6-11-9(13)3-4-10(11)14/h3-4,13H,5-12H2,1-2H3,(H,18,21);7-8,12H,5-6,9-11H2,1-4H3;6-7,9-10H,3-5,8,15H2,1-2H3;9,14H,3-8H2,1-2H3;7-8,10H,3-6,9H2,1-2H3;3-4,7H,5-6H2,1-2H3/q;+1;;;;. The number of nitrogens with two attached hydrogens (primary N) is 1. The quantitative estimate of drug-likeness (QED) is 0.0263. The molecule has 5 aliphatic heterocycles. The summed E-state index contributed by atoms with van der Waals surface area (Å²) < 4.78 is 16.2. The number of quaternary nitrogens is 1. The highest BCUT2D eigenvalue weighted by molar-refractivity contribution is 6.17. The van der Waals surface area contributed by atoms with E-state index in [9.17, 15) is 101 Å². The van der Waals surface area contributed by atoms with Crippen LogP contribution in [0.2, 0.25) is 0 Å². The lowest BCUT2D eigenvalue weighted by Gasteiger charge is -2.31. The van der Waals surface area contributed by atoms with E-state index in [-0.39, 0.29) is 181 Å². The second-order valence-corrected chi connectivity index (χ2v) is 30.5. The van der Waals surface area contributed by atoms with E-state index < -0.39 is 41.7 Å². The lowest BCUT2D eigenvalue weighted by molar-refractivity contribution is -0.889. The summed E-state index contributed by atoms with van der Waals surface area (Å²) in [4.78, 5) is 245. The molecule has 638 valence electrons. The molecule has 0 bridgehead atoms. The molecule has 32 nitrogen and oxygen atoms in total. The van der Waals surface area contributed by atoms with Crippen molar-refractivity contribution in [2.24, 2.45) is 41.2 Å². The van der Waals surface area contributed by atoms with Crippen LogP contribution in [0.3, 0.4) is 0 Å². The molecule has 0 saturated heterocycles. The van der Waals surface area contributed by atoms with Crippen molar-refractivity contribution in [3.8, 4) is 0 Å². The number of amides is 11. The number of rotatable bonds is 47.